The Morgan fingerprint density at radius 3 is 2.92 bits per heavy atom. The van der Waals surface area contributed by atoms with Crippen LogP contribution in [-0.4, -0.2) is 31.7 Å². The van der Waals surface area contributed by atoms with Crippen LogP contribution in [0.25, 0.3) is 11.0 Å². The molecule has 0 fully saturated rings. The van der Waals surface area contributed by atoms with Crippen molar-refractivity contribution in [3.8, 4) is 0 Å². The van der Waals surface area contributed by atoms with E-state index in [1.54, 1.807) is 0 Å². The number of nitrogens with zero attached hydrogens (tertiary/aromatic N) is 4. The quantitative estimate of drug-likeness (QED) is 0.557. The van der Waals surface area contributed by atoms with Gasteiger partial charge in [-0.1, -0.05) is 30.8 Å². The maximum atomic E-state index is 12.5. The molecule has 0 bridgehead atoms. The largest absolute Gasteiger partial charge is 0.325 e. The molecule has 0 unspecified atom stereocenters. The van der Waals surface area contributed by atoms with Gasteiger partial charge in [-0.15, -0.1) is 0 Å². The molecular weight excluding hydrogens is 338 g/mol. The smallest absolute Gasteiger partial charge is 0.264 e. The van der Waals surface area contributed by atoms with Crippen LogP contribution in [0.5, 0.6) is 0 Å². The maximum absolute atomic E-state index is 12.5. The molecule has 2 aromatic heterocycles. The summed E-state index contributed by atoms with van der Waals surface area (Å²) in [4.78, 5) is 37.1. The van der Waals surface area contributed by atoms with Crippen LogP contribution in [0.4, 0.5) is 5.69 Å². The number of carbonyl (C=O) groups is 1. The van der Waals surface area contributed by atoms with E-state index in [0.29, 0.717) is 21.9 Å². The summed E-state index contributed by atoms with van der Waals surface area (Å²) in [5, 5.41) is 3.64. The summed E-state index contributed by atoms with van der Waals surface area (Å²) >= 11 is 1.37. The first-order valence-electron chi connectivity index (χ1n) is 7.75. The number of rotatable bonds is 5. The van der Waals surface area contributed by atoms with Crippen molar-refractivity contribution in [2.24, 2.45) is 0 Å². The fourth-order valence-corrected chi connectivity index (χ4v) is 2.71. The molecule has 1 N–H and O–H groups in total. The van der Waals surface area contributed by atoms with E-state index in [1.807, 2.05) is 37.4 Å². The molecule has 0 radical (unpaired) electrons. The van der Waals surface area contributed by atoms with E-state index >= 15 is 0 Å². The highest BCUT2D eigenvalue weighted by Gasteiger charge is 2.10. The van der Waals surface area contributed by atoms with Gasteiger partial charge in [-0.3, -0.25) is 14.2 Å². The number of nitrogens with one attached hydrogen (secondary N) is 1. The minimum absolute atomic E-state index is 0.123. The summed E-state index contributed by atoms with van der Waals surface area (Å²) < 4.78 is 1.25. The van der Waals surface area contributed by atoms with Gasteiger partial charge in [0.25, 0.3) is 5.56 Å². The van der Waals surface area contributed by atoms with Crippen molar-refractivity contribution in [3.63, 3.8) is 0 Å². The van der Waals surface area contributed by atoms with Crippen LogP contribution in [0.2, 0.25) is 0 Å². The molecule has 128 valence electrons. The summed E-state index contributed by atoms with van der Waals surface area (Å²) in [6.07, 6.45) is 5.52. The molecule has 0 saturated heterocycles. The van der Waals surface area contributed by atoms with Gasteiger partial charge < -0.3 is 5.32 Å². The molecule has 0 saturated carbocycles. The molecular formula is C17H17N5O2S. The van der Waals surface area contributed by atoms with Gasteiger partial charge in [0.1, 0.15) is 18.3 Å². The number of anilines is 1. The van der Waals surface area contributed by atoms with Crippen molar-refractivity contribution in [2.45, 2.75) is 25.0 Å². The van der Waals surface area contributed by atoms with Crippen molar-refractivity contribution in [1.82, 2.24) is 19.5 Å². The number of carbonyl (C=O) groups excluding carboxylic acids is 1. The van der Waals surface area contributed by atoms with E-state index in [2.05, 4.69) is 20.3 Å². The highest BCUT2D eigenvalue weighted by Crippen LogP contribution is 2.12. The normalized spacial score (nSPS) is 10.8. The summed E-state index contributed by atoms with van der Waals surface area (Å²) in [5.74, 6) is -0.293. The topological polar surface area (TPSA) is 89.8 Å². The van der Waals surface area contributed by atoms with Crippen LogP contribution in [0.15, 0.2) is 46.7 Å². The monoisotopic (exact) mass is 355 g/mol. The second kappa shape index (κ2) is 7.43. The Balaban J connectivity index is 1.81. The summed E-state index contributed by atoms with van der Waals surface area (Å²) in [7, 11) is 0. The second-order valence-corrected chi connectivity index (χ2v) is 6.15. The molecule has 0 aliphatic rings. The van der Waals surface area contributed by atoms with Gasteiger partial charge in [0.05, 0.1) is 0 Å². The molecule has 3 rings (SSSR count). The summed E-state index contributed by atoms with van der Waals surface area (Å²) in [5.41, 5.74) is 1.83. The van der Waals surface area contributed by atoms with Gasteiger partial charge in [0.15, 0.2) is 10.8 Å². The van der Waals surface area contributed by atoms with E-state index in [1.165, 1.54) is 28.9 Å². The first-order valence-corrected chi connectivity index (χ1v) is 8.98. The van der Waals surface area contributed by atoms with Crippen LogP contribution in [-0.2, 0) is 17.8 Å². The molecule has 0 atom stereocenters. The molecule has 25 heavy (non-hydrogen) atoms. The first-order chi connectivity index (χ1) is 12.1. The molecule has 7 nitrogen and oxygen atoms in total. The average molecular weight is 355 g/mol. The predicted molar refractivity (Wildman–Crippen MR) is 97.8 cm³/mol. The van der Waals surface area contributed by atoms with Crippen molar-refractivity contribution in [1.29, 1.82) is 0 Å². The van der Waals surface area contributed by atoms with Gasteiger partial charge >= 0.3 is 0 Å². The molecule has 1 aromatic carbocycles. The van der Waals surface area contributed by atoms with Crippen LogP contribution >= 0.6 is 11.8 Å². The van der Waals surface area contributed by atoms with Gasteiger partial charge in [0.2, 0.25) is 5.91 Å². The van der Waals surface area contributed by atoms with Gasteiger partial charge in [-0.05, 0) is 30.4 Å². The van der Waals surface area contributed by atoms with E-state index in [4.69, 9.17) is 0 Å². The van der Waals surface area contributed by atoms with E-state index in [9.17, 15) is 9.59 Å². The van der Waals surface area contributed by atoms with Gasteiger partial charge in [0, 0.05) is 11.9 Å². The zero-order chi connectivity index (χ0) is 17.8. The highest BCUT2D eigenvalue weighted by atomic mass is 32.2. The van der Waals surface area contributed by atoms with E-state index in [-0.39, 0.29) is 18.0 Å². The highest BCUT2D eigenvalue weighted by molar-refractivity contribution is 7.98. The number of aromatic nitrogens is 4. The zero-order valence-electron chi connectivity index (χ0n) is 13.9. The Hall–Kier alpha value is -2.74. The van der Waals surface area contributed by atoms with Crippen molar-refractivity contribution < 1.29 is 4.79 Å². The summed E-state index contributed by atoms with van der Waals surface area (Å²) in [6, 6.07) is 7.61. The third-order valence-corrected chi connectivity index (χ3v) is 4.23. The van der Waals surface area contributed by atoms with E-state index < -0.39 is 0 Å². The maximum Gasteiger partial charge on any atom is 0.264 e. The minimum atomic E-state index is -0.338. The average Bonchev–Trinajstić information content (AvgIpc) is 2.63. The Bertz CT molecular complexity index is 986. The lowest BCUT2D eigenvalue weighted by molar-refractivity contribution is -0.116. The molecule has 1 amide bonds. The fraction of sp³-hybridized carbons (Fsp3) is 0.235. The Labute approximate surface area is 148 Å². The number of amides is 1. The number of hydrogen-bond acceptors (Lipinski definition) is 6. The van der Waals surface area contributed by atoms with E-state index in [0.717, 1.165) is 12.0 Å². The van der Waals surface area contributed by atoms with Crippen LogP contribution in [0, 0.1) is 0 Å². The number of thioether (sulfide) groups is 1. The predicted octanol–water partition coefficient (Wildman–Crippen LogP) is 2.11. The first kappa shape index (κ1) is 17.1. The van der Waals surface area contributed by atoms with Crippen LogP contribution < -0.4 is 10.9 Å². The molecule has 2 heterocycles. The Morgan fingerprint density at radius 1 is 1.32 bits per heavy atom. The Morgan fingerprint density at radius 2 is 2.16 bits per heavy atom. The van der Waals surface area contributed by atoms with Crippen LogP contribution in [0.3, 0.4) is 0 Å². The third-order valence-electron chi connectivity index (χ3n) is 3.67. The molecule has 0 aliphatic carbocycles. The van der Waals surface area contributed by atoms with Crippen LogP contribution in [0.1, 0.15) is 12.5 Å². The number of aryl methyl sites for hydroxylation is 1. The Kier molecular flexibility index (Phi) is 5.08. The zero-order valence-corrected chi connectivity index (χ0v) is 14.7. The SMILES string of the molecule is CCc1cccc(NC(=O)Cn2cnc3nc(SC)ncc3c2=O)c1. The third kappa shape index (κ3) is 3.85. The summed E-state index contributed by atoms with van der Waals surface area (Å²) in [6.45, 7) is 1.92. The number of hydrogen-bond donors (Lipinski definition) is 1. The fourth-order valence-electron chi connectivity index (χ4n) is 2.37. The number of fused-ring (bicyclic) bond motifs is 1. The van der Waals surface area contributed by atoms with Crippen molar-refractivity contribution in [3.05, 3.63) is 52.7 Å². The molecule has 3 aromatic rings. The van der Waals surface area contributed by atoms with Gasteiger partial charge in [-0.25, -0.2) is 15.0 Å². The lowest BCUT2D eigenvalue weighted by Gasteiger charge is -2.09. The molecule has 0 spiro atoms. The standard InChI is InChI=1S/C17H17N5O2S/c1-3-11-5-4-6-12(7-11)20-14(23)9-22-10-19-15-13(16(22)24)8-18-17(21-15)25-2/h4-8,10H,3,9H2,1-2H3,(H,20,23). The second-order valence-electron chi connectivity index (χ2n) is 5.37. The van der Waals surface area contributed by atoms with Crippen molar-refractivity contribution in [2.75, 3.05) is 11.6 Å². The lowest BCUT2D eigenvalue weighted by Crippen LogP contribution is -2.28. The van der Waals surface area contributed by atoms with Gasteiger partial charge in [-0.2, -0.15) is 0 Å². The minimum Gasteiger partial charge on any atom is -0.325 e. The molecule has 0 aliphatic heterocycles. The lowest BCUT2D eigenvalue weighted by atomic mass is 10.1. The number of benzene rings is 1. The molecule has 8 heteroatoms. The van der Waals surface area contributed by atoms with Crippen molar-refractivity contribution >= 4 is 34.4 Å².